The van der Waals surface area contributed by atoms with E-state index >= 15 is 0 Å². The number of aromatic nitrogens is 1. The van der Waals surface area contributed by atoms with Crippen LogP contribution in [0.4, 0.5) is 5.00 Å². The first-order chi connectivity index (χ1) is 14.7. The quantitative estimate of drug-likeness (QED) is 0.646. The van der Waals surface area contributed by atoms with Crippen molar-refractivity contribution in [3.8, 4) is 0 Å². The van der Waals surface area contributed by atoms with E-state index in [1.54, 1.807) is 11.3 Å². The van der Waals surface area contributed by atoms with Crippen molar-refractivity contribution >= 4 is 22.2 Å². The number of hydrogen-bond acceptors (Lipinski definition) is 5. The highest BCUT2D eigenvalue weighted by Crippen LogP contribution is 2.39. The van der Waals surface area contributed by atoms with Crippen LogP contribution in [-0.2, 0) is 6.42 Å². The van der Waals surface area contributed by atoms with Gasteiger partial charge in [0.1, 0.15) is 5.00 Å². The summed E-state index contributed by atoms with van der Waals surface area (Å²) in [7, 11) is 2.17. The number of carbonyl (C=O) groups is 1. The number of rotatable bonds is 6. The van der Waals surface area contributed by atoms with E-state index in [0.717, 1.165) is 37.6 Å². The summed E-state index contributed by atoms with van der Waals surface area (Å²) in [5.74, 6) is -0.0618. The molecule has 1 N–H and O–H groups in total. The zero-order valence-electron chi connectivity index (χ0n) is 17.5. The molecule has 1 amide bonds. The van der Waals surface area contributed by atoms with E-state index in [1.165, 1.54) is 16.0 Å². The van der Waals surface area contributed by atoms with Crippen molar-refractivity contribution in [2.24, 2.45) is 0 Å². The van der Waals surface area contributed by atoms with Crippen LogP contribution in [0.3, 0.4) is 0 Å². The van der Waals surface area contributed by atoms with Crippen LogP contribution in [0.1, 0.15) is 39.3 Å². The Bertz CT molecular complexity index is 965. The van der Waals surface area contributed by atoms with E-state index in [2.05, 4.69) is 52.3 Å². The fourth-order valence-corrected chi connectivity index (χ4v) is 4.94. The van der Waals surface area contributed by atoms with Gasteiger partial charge in [0.25, 0.3) is 5.91 Å². The number of pyridine rings is 1. The topological polar surface area (TPSA) is 48.5 Å². The Morgan fingerprint density at radius 2 is 1.80 bits per heavy atom. The summed E-state index contributed by atoms with van der Waals surface area (Å²) in [4.78, 5) is 23.3. The number of carbonyl (C=O) groups excluding carboxylic acids is 1. The second-order valence-electron chi connectivity index (χ2n) is 7.69. The fourth-order valence-electron chi connectivity index (χ4n) is 3.91. The van der Waals surface area contributed by atoms with Gasteiger partial charge in [-0.2, -0.15) is 0 Å². The number of anilines is 1. The van der Waals surface area contributed by atoms with Gasteiger partial charge in [-0.15, -0.1) is 11.3 Å². The number of thiophene rings is 1. The highest BCUT2D eigenvalue weighted by atomic mass is 32.1. The van der Waals surface area contributed by atoms with Crippen molar-refractivity contribution in [2.75, 3.05) is 38.5 Å². The molecule has 0 bridgehead atoms. The van der Waals surface area contributed by atoms with Crippen LogP contribution in [0.5, 0.6) is 0 Å². The molecule has 1 aliphatic rings. The first-order valence-electron chi connectivity index (χ1n) is 10.5. The molecule has 3 aromatic rings. The molecule has 6 heteroatoms. The zero-order chi connectivity index (χ0) is 20.9. The molecule has 0 aliphatic carbocycles. The minimum atomic E-state index is -0.0618. The van der Waals surface area contributed by atoms with Crippen LogP contribution >= 0.6 is 11.3 Å². The molecule has 0 radical (unpaired) electrons. The average molecular weight is 421 g/mol. The molecule has 0 saturated carbocycles. The van der Waals surface area contributed by atoms with Crippen molar-refractivity contribution < 1.29 is 4.79 Å². The molecular weight excluding hydrogens is 392 g/mol. The number of nitrogens with one attached hydrogen (secondary N) is 1. The third-order valence-electron chi connectivity index (χ3n) is 5.64. The van der Waals surface area contributed by atoms with Crippen LogP contribution in [0.25, 0.3) is 0 Å². The standard InChI is InChI=1S/C24H28N4OS/c1-3-20-17-21(24(30-20)26-23(29)19-7-5-4-6-8-19)22(18-9-11-25-12-10-18)28-15-13-27(2)14-16-28/h4-12,17,22H,3,13-16H2,1-2H3,(H,26,29)/t22-/m0/s1. The lowest BCUT2D eigenvalue weighted by Gasteiger charge is -2.38. The lowest BCUT2D eigenvalue weighted by Crippen LogP contribution is -2.46. The number of amides is 1. The molecule has 0 unspecified atom stereocenters. The third-order valence-corrected chi connectivity index (χ3v) is 6.85. The maximum Gasteiger partial charge on any atom is 0.256 e. The number of likely N-dealkylation sites (N-methyl/N-ethyl adjacent to an activating group) is 1. The summed E-state index contributed by atoms with van der Waals surface area (Å²) in [5.41, 5.74) is 3.07. The van der Waals surface area contributed by atoms with E-state index in [-0.39, 0.29) is 11.9 Å². The summed E-state index contributed by atoms with van der Waals surface area (Å²) in [6, 6.07) is 16.0. The molecule has 1 saturated heterocycles. The van der Waals surface area contributed by atoms with Crippen LogP contribution in [0, 0.1) is 0 Å². The van der Waals surface area contributed by atoms with Gasteiger partial charge in [-0.25, -0.2) is 0 Å². The van der Waals surface area contributed by atoms with E-state index in [1.807, 2.05) is 42.7 Å². The first kappa shape index (κ1) is 20.7. The third kappa shape index (κ3) is 4.61. The maximum atomic E-state index is 12.9. The van der Waals surface area contributed by atoms with Crippen molar-refractivity contribution in [3.63, 3.8) is 0 Å². The molecule has 1 atom stereocenters. The fraction of sp³-hybridized carbons (Fsp3) is 0.333. The molecule has 1 fully saturated rings. The highest BCUT2D eigenvalue weighted by Gasteiger charge is 2.29. The van der Waals surface area contributed by atoms with E-state index in [9.17, 15) is 4.79 Å². The predicted octanol–water partition coefficient (Wildman–Crippen LogP) is 4.29. The molecule has 3 heterocycles. The predicted molar refractivity (Wildman–Crippen MR) is 123 cm³/mol. The molecule has 30 heavy (non-hydrogen) atoms. The van der Waals surface area contributed by atoms with E-state index in [4.69, 9.17) is 0 Å². The van der Waals surface area contributed by atoms with Gasteiger partial charge in [-0.1, -0.05) is 25.1 Å². The smallest absolute Gasteiger partial charge is 0.256 e. The van der Waals surface area contributed by atoms with Gasteiger partial charge in [0.2, 0.25) is 0 Å². The minimum absolute atomic E-state index is 0.0618. The van der Waals surface area contributed by atoms with Gasteiger partial charge < -0.3 is 10.2 Å². The number of aryl methyl sites for hydroxylation is 1. The van der Waals surface area contributed by atoms with Crippen molar-refractivity contribution in [1.29, 1.82) is 0 Å². The average Bonchev–Trinajstić information content (AvgIpc) is 3.19. The van der Waals surface area contributed by atoms with Gasteiger partial charge in [-0.05, 0) is 49.4 Å². The van der Waals surface area contributed by atoms with Gasteiger partial charge in [-0.3, -0.25) is 14.7 Å². The number of benzene rings is 1. The van der Waals surface area contributed by atoms with E-state index < -0.39 is 0 Å². The number of hydrogen-bond donors (Lipinski definition) is 1. The van der Waals surface area contributed by atoms with Crippen molar-refractivity contribution in [2.45, 2.75) is 19.4 Å². The van der Waals surface area contributed by atoms with Crippen molar-refractivity contribution in [1.82, 2.24) is 14.8 Å². The Hall–Kier alpha value is -2.54. The molecule has 0 spiro atoms. The van der Waals surface area contributed by atoms with Crippen LogP contribution in [-0.4, -0.2) is 53.9 Å². The summed E-state index contributed by atoms with van der Waals surface area (Å²) in [6.45, 7) is 6.23. The molecular formula is C24H28N4OS. The normalized spacial score (nSPS) is 16.3. The summed E-state index contributed by atoms with van der Waals surface area (Å²) >= 11 is 1.69. The first-order valence-corrected chi connectivity index (χ1v) is 11.3. The largest absolute Gasteiger partial charge is 0.313 e. The summed E-state index contributed by atoms with van der Waals surface area (Å²) < 4.78 is 0. The molecule has 1 aliphatic heterocycles. The van der Waals surface area contributed by atoms with Crippen LogP contribution in [0.15, 0.2) is 60.9 Å². The lowest BCUT2D eigenvalue weighted by atomic mass is 9.98. The Morgan fingerprint density at radius 1 is 1.10 bits per heavy atom. The maximum absolute atomic E-state index is 12.9. The van der Waals surface area contributed by atoms with Gasteiger partial charge in [0.05, 0.1) is 6.04 Å². The summed E-state index contributed by atoms with van der Waals surface area (Å²) in [6.07, 6.45) is 4.66. The van der Waals surface area contributed by atoms with Gasteiger partial charge in [0, 0.05) is 54.6 Å². The molecule has 4 rings (SSSR count). The van der Waals surface area contributed by atoms with E-state index in [0.29, 0.717) is 5.56 Å². The monoisotopic (exact) mass is 420 g/mol. The molecule has 5 nitrogen and oxygen atoms in total. The molecule has 1 aromatic carbocycles. The van der Waals surface area contributed by atoms with Crippen LogP contribution in [0.2, 0.25) is 0 Å². The summed E-state index contributed by atoms with van der Waals surface area (Å²) in [5, 5.41) is 4.15. The molecule has 2 aromatic heterocycles. The number of nitrogens with zero attached hydrogens (tertiary/aromatic N) is 3. The Labute approximate surface area is 182 Å². The molecule has 156 valence electrons. The Balaban J connectivity index is 1.71. The number of piperazine rings is 1. The van der Waals surface area contributed by atoms with Crippen molar-refractivity contribution in [3.05, 3.63) is 82.5 Å². The highest BCUT2D eigenvalue weighted by molar-refractivity contribution is 7.16. The minimum Gasteiger partial charge on any atom is -0.313 e. The Morgan fingerprint density at radius 3 is 2.47 bits per heavy atom. The van der Waals surface area contributed by atoms with Gasteiger partial charge in [0.15, 0.2) is 0 Å². The zero-order valence-corrected chi connectivity index (χ0v) is 18.4. The SMILES string of the molecule is CCc1cc([C@H](c2ccncc2)N2CCN(C)CC2)c(NC(=O)c2ccccc2)s1. The second-order valence-corrected chi connectivity index (χ2v) is 8.83. The van der Waals surface area contributed by atoms with Crippen LogP contribution < -0.4 is 5.32 Å². The lowest BCUT2D eigenvalue weighted by molar-refractivity contribution is 0.102. The Kier molecular flexibility index (Phi) is 6.57. The second kappa shape index (κ2) is 9.51. The van der Waals surface area contributed by atoms with Gasteiger partial charge >= 0.3 is 0 Å².